The monoisotopic (exact) mass is 180 g/mol. The zero-order valence-corrected chi connectivity index (χ0v) is 8.59. The summed E-state index contributed by atoms with van der Waals surface area (Å²) in [5.41, 5.74) is 0. The Balaban J connectivity index is 2.13. The predicted octanol–water partition coefficient (Wildman–Crippen LogP) is 3.18. The van der Waals surface area contributed by atoms with Crippen molar-refractivity contribution in [3.8, 4) is 0 Å². The number of ketones is 1. The Morgan fingerprint density at radius 2 is 1.85 bits per heavy atom. The molecule has 1 heteroatoms. The first-order chi connectivity index (χ1) is 6.29. The summed E-state index contributed by atoms with van der Waals surface area (Å²) >= 11 is 0. The first-order valence-corrected chi connectivity index (χ1v) is 5.82. The normalized spacial score (nSPS) is 41.0. The second-order valence-electron chi connectivity index (χ2n) is 4.91. The predicted molar refractivity (Wildman–Crippen MR) is 53.5 cm³/mol. The van der Waals surface area contributed by atoms with E-state index in [-0.39, 0.29) is 0 Å². The average molecular weight is 180 g/mol. The van der Waals surface area contributed by atoms with Crippen LogP contribution in [0.3, 0.4) is 0 Å². The van der Waals surface area contributed by atoms with Crippen LogP contribution in [0.15, 0.2) is 0 Å². The van der Waals surface area contributed by atoms with Gasteiger partial charge < -0.3 is 0 Å². The fourth-order valence-electron chi connectivity index (χ4n) is 3.30. The lowest BCUT2D eigenvalue weighted by Crippen LogP contribution is -2.31. The average Bonchev–Trinajstić information content (AvgIpc) is 2.29. The molecular weight excluding hydrogens is 160 g/mol. The highest BCUT2D eigenvalue weighted by Gasteiger charge is 2.36. The number of Topliss-reactive ketones (excluding diaryl/α,β-unsaturated/α-hetero) is 1. The van der Waals surface area contributed by atoms with Crippen molar-refractivity contribution in [3.63, 3.8) is 0 Å². The molecular formula is C12H20O. The number of hydrogen-bond donors (Lipinski definition) is 0. The Morgan fingerprint density at radius 1 is 1.08 bits per heavy atom. The van der Waals surface area contributed by atoms with Crippen LogP contribution in [0.2, 0.25) is 0 Å². The van der Waals surface area contributed by atoms with Gasteiger partial charge in [-0.3, -0.25) is 4.79 Å². The first kappa shape index (κ1) is 9.23. The molecule has 2 aliphatic rings. The summed E-state index contributed by atoms with van der Waals surface area (Å²) in [6.45, 7) is 2.28. The van der Waals surface area contributed by atoms with E-state index in [1.807, 2.05) is 0 Å². The maximum absolute atomic E-state index is 11.9. The van der Waals surface area contributed by atoms with Crippen LogP contribution in [0.1, 0.15) is 51.9 Å². The topological polar surface area (TPSA) is 17.1 Å². The van der Waals surface area contributed by atoms with E-state index in [1.54, 1.807) is 0 Å². The molecule has 2 aliphatic carbocycles. The third-order valence-electron chi connectivity index (χ3n) is 3.98. The van der Waals surface area contributed by atoms with Gasteiger partial charge in [-0.2, -0.15) is 0 Å². The molecule has 13 heavy (non-hydrogen) atoms. The van der Waals surface area contributed by atoms with Gasteiger partial charge in [0.05, 0.1) is 0 Å². The Hall–Kier alpha value is -0.330. The second kappa shape index (κ2) is 3.81. The summed E-state index contributed by atoms with van der Waals surface area (Å²) in [6.07, 6.45) is 8.59. The highest BCUT2D eigenvalue weighted by molar-refractivity contribution is 5.81. The Labute approximate surface area is 80.9 Å². The molecule has 0 amide bonds. The molecule has 0 bridgehead atoms. The smallest absolute Gasteiger partial charge is 0.136 e. The van der Waals surface area contributed by atoms with Crippen molar-refractivity contribution in [3.05, 3.63) is 0 Å². The summed E-state index contributed by atoms with van der Waals surface area (Å²) in [7, 11) is 0. The molecule has 74 valence electrons. The maximum atomic E-state index is 11.9. The summed E-state index contributed by atoms with van der Waals surface area (Å²) in [5.74, 6) is 2.44. The highest BCUT2D eigenvalue weighted by Crippen LogP contribution is 2.40. The summed E-state index contributed by atoms with van der Waals surface area (Å²) in [6, 6.07) is 0. The van der Waals surface area contributed by atoms with Crippen LogP contribution >= 0.6 is 0 Å². The molecule has 3 atom stereocenters. The van der Waals surface area contributed by atoms with Crippen molar-refractivity contribution in [2.75, 3.05) is 0 Å². The molecule has 1 nitrogen and oxygen atoms in total. The largest absolute Gasteiger partial charge is 0.299 e. The van der Waals surface area contributed by atoms with E-state index >= 15 is 0 Å². The maximum Gasteiger partial charge on any atom is 0.136 e. The van der Waals surface area contributed by atoms with Crippen molar-refractivity contribution in [2.24, 2.45) is 17.8 Å². The van der Waals surface area contributed by atoms with Crippen LogP contribution in [0.25, 0.3) is 0 Å². The molecule has 0 aromatic carbocycles. The van der Waals surface area contributed by atoms with Gasteiger partial charge in [-0.1, -0.05) is 26.2 Å². The van der Waals surface area contributed by atoms with Gasteiger partial charge in [0.2, 0.25) is 0 Å². The van der Waals surface area contributed by atoms with Crippen LogP contribution in [-0.4, -0.2) is 5.78 Å². The minimum atomic E-state index is 0.441. The zero-order valence-electron chi connectivity index (χ0n) is 8.59. The molecule has 0 unspecified atom stereocenters. The van der Waals surface area contributed by atoms with Crippen molar-refractivity contribution in [2.45, 2.75) is 51.9 Å². The van der Waals surface area contributed by atoms with E-state index in [2.05, 4.69) is 6.92 Å². The molecule has 0 heterocycles. The highest BCUT2D eigenvalue weighted by atomic mass is 16.1. The van der Waals surface area contributed by atoms with E-state index in [0.717, 1.165) is 18.8 Å². The summed E-state index contributed by atoms with van der Waals surface area (Å²) < 4.78 is 0. The SMILES string of the molecule is C[C@@H]1CCC[C@@H]2CCCCC(=O)[C@H]21. The van der Waals surface area contributed by atoms with E-state index in [0.29, 0.717) is 17.6 Å². The molecule has 2 rings (SSSR count). The van der Waals surface area contributed by atoms with Gasteiger partial charge in [0.1, 0.15) is 5.78 Å². The van der Waals surface area contributed by atoms with Gasteiger partial charge >= 0.3 is 0 Å². The Bertz CT molecular complexity index is 197. The number of carbonyl (C=O) groups excluding carboxylic acids is 1. The van der Waals surface area contributed by atoms with Crippen LogP contribution in [0.5, 0.6) is 0 Å². The third-order valence-corrected chi connectivity index (χ3v) is 3.98. The Kier molecular flexibility index (Phi) is 2.71. The summed E-state index contributed by atoms with van der Waals surface area (Å²) in [5, 5.41) is 0. The lowest BCUT2D eigenvalue weighted by Gasteiger charge is -2.34. The van der Waals surface area contributed by atoms with Crippen molar-refractivity contribution in [1.29, 1.82) is 0 Å². The number of hydrogen-bond acceptors (Lipinski definition) is 1. The van der Waals surface area contributed by atoms with E-state index in [1.165, 1.54) is 32.1 Å². The van der Waals surface area contributed by atoms with E-state index in [9.17, 15) is 4.79 Å². The lowest BCUT2D eigenvalue weighted by molar-refractivity contribution is -0.126. The van der Waals surface area contributed by atoms with E-state index < -0.39 is 0 Å². The molecule has 0 radical (unpaired) electrons. The molecule has 0 N–H and O–H groups in total. The van der Waals surface area contributed by atoms with Crippen molar-refractivity contribution in [1.82, 2.24) is 0 Å². The molecule has 2 saturated carbocycles. The van der Waals surface area contributed by atoms with Crippen molar-refractivity contribution >= 4 is 5.78 Å². The van der Waals surface area contributed by atoms with Crippen LogP contribution in [0.4, 0.5) is 0 Å². The second-order valence-corrected chi connectivity index (χ2v) is 4.91. The van der Waals surface area contributed by atoms with E-state index in [4.69, 9.17) is 0 Å². The van der Waals surface area contributed by atoms with Crippen LogP contribution in [-0.2, 0) is 4.79 Å². The first-order valence-electron chi connectivity index (χ1n) is 5.82. The molecule has 0 aromatic rings. The van der Waals surface area contributed by atoms with Gasteiger partial charge in [0.15, 0.2) is 0 Å². The number of carbonyl (C=O) groups is 1. The third kappa shape index (κ3) is 1.79. The minimum Gasteiger partial charge on any atom is -0.299 e. The fraction of sp³-hybridized carbons (Fsp3) is 0.917. The molecule has 0 saturated heterocycles. The number of fused-ring (bicyclic) bond motifs is 1. The molecule has 0 aliphatic heterocycles. The molecule has 0 aromatic heterocycles. The van der Waals surface area contributed by atoms with Gasteiger partial charge in [0.25, 0.3) is 0 Å². The van der Waals surface area contributed by atoms with Gasteiger partial charge in [0, 0.05) is 12.3 Å². The van der Waals surface area contributed by atoms with Gasteiger partial charge in [-0.05, 0) is 31.1 Å². The standard InChI is InChI=1S/C12H20O/c1-9-5-4-7-10-6-2-3-8-11(13)12(9)10/h9-10,12H,2-8H2,1H3/t9-,10+,12+/m1/s1. The lowest BCUT2D eigenvalue weighted by atomic mass is 9.70. The van der Waals surface area contributed by atoms with Gasteiger partial charge in [-0.25, -0.2) is 0 Å². The quantitative estimate of drug-likeness (QED) is 0.559. The fourth-order valence-corrected chi connectivity index (χ4v) is 3.30. The molecule has 2 fully saturated rings. The van der Waals surface area contributed by atoms with Gasteiger partial charge in [-0.15, -0.1) is 0 Å². The molecule has 0 spiro atoms. The Morgan fingerprint density at radius 3 is 2.69 bits per heavy atom. The van der Waals surface area contributed by atoms with Crippen LogP contribution < -0.4 is 0 Å². The number of rotatable bonds is 0. The zero-order chi connectivity index (χ0) is 9.26. The summed E-state index contributed by atoms with van der Waals surface area (Å²) in [4.78, 5) is 11.9. The minimum absolute atomic E-state index is 0.441. The van der Waals surface area contributed by atoms with Crippen molar-refractivity contribution < 1.29 is 4.79 Å². The van der Waals surface area contributed by atoms with Crippen LogP contribution in [0, 0.1) is 17.8 Å².